The summed E-state index contributed by atoms with van der Waals surface area (Å²) in [6.45, 7) is 0.880. The molecule has 0 fully saturated rings. The molecule has 0 aliphatic carbocycles. The monoisotopic (exact) mass is 456 g/mol. The Morgan fingerprint density at radius 3 is 2.20 bits per heavy atom. The number of anilines is 1. The Morgan fingerprint density at radius 2 is 1.80 bits per heavy atom. The molecule has 0 saturated carbocycles. The number of rotatable bonds is 4. The summed E-state index contributed by atoms with van der Waals surface area (Å²) >= 11 is 8.12. The van der Waals surface area contributed by atoms with Gasteiger partial charge in [0.15, 0.2) is 0 Å². The van der Waals surface area contributed by atoms with E-state index in [0.717, 1.165) is 19.2 Å². The second-order valence-electron chi connectivity index (χ2n) is 4.30. The van der Waals surface area contributed by atoms with E-state index in [4.69, 9.17) is 11.6 Å². The van der Waals surface area contributed by atoms with Gasteiger partial charge in [-0.25, -0.2) is 9.78 Å². The lowest BCUT2D eigenvalue weighted by Gasteiger charge is -2.34. The van der Waals surface area contributed by atoms with Crippen molar-refractivity contribution >= 4 is 44.6 Å². The van der Waals surface area contributed by atoms with Crippen molar-refractivity contribution in [2.45, 2.75) is 25.0 Å². The zero-order chi connectivity index (χ0) is 19.5. The first kappa shape index (κ1) is 21.3. The SMILES string of the molecule is C/C(Cl)=N\OC(NC(=O)Nc1ccc(Br)cn1)(C(F)(F)F)C(F)(F)F. The van der Waals surface area contributed by atoms with E-state index in [0.29, 0.717) is 9.79 Å². The van der Waals surface area contributed by atoms with Crippen LogP contribution in [-0.4, -0.2) is 34.3 Å². The van der Waals surface area contributed by atoms with Gasteiger partial charge in [-0.3, -0.25) is 10.6 Å². The summed E-state index contributed by atoms with van der Waals surface area (Å²) in [6, 6.07) is 0.599. The number of amides is 2. The topological polar surface area (TPSA) is 75.6 Å². The molecule has 1 heterocycles. The van der Waals surface area contributed by atoms with Crippen molar-refractivity contribution in [3.05, 3.63) is 22.8 Å². The van der Waals surface area contributed by atoms with Crippen molar-refractivity contribution in [2.75, 3.05) is 5.32 Å². The second-order valence-corrected chi connectivity index (χ2v) is 5.76. The second kappa shape index (κ2) is 7.64. The third-order valence-electron chi connectivity index (χ3n) is 2.37. The predicted molar refractivity (Wildman–Crippen MR) is 79.0 cm³/mol. The summed E-state index contributed by atoms with van der Waals surface area (Å²) in [5, 5.41) is 4.13. The van der Waals surface area contributed by atoms with E-state index < -0.39 is 29.3 Å². The number of hydrogen-bond donors (Lipinski definition) is 2. The molecule has 0 spiro atoms. The predicted octanol–water partition coefficient (Wildman–Crippen LogP) is 4.38. The number of nitrogens with zero attached hydrogens (tertiary/aromatic N) is 2. The van der Waals surface area contributed by atoms with Crippen LogP contribution in [0.15, 0.2) is 28.0 Å². The summed E-state index contributed by atoms with van der Waals surface area (Å²) < 4.78 is 78.8. The van der Waals surface area contributed by atoms with Crippen LogP contribution in [0.3, 0.4) is 0 Å². The van der Waals surface area contributed by atoms with Gasteiger partial charge in [0.25, 0.3) is 0 Å². The van der Waals surface area contributed by atoms with Crippen molar-refractivity contribution in [1.29, 1.82) is 0 Å². The molecule has 1 aromatic rings. The molecule has 0 saturated heterocycles. The number of urea groups is 1. The molecule has 0 unspecified atom stereocenters. The summed E-state index contributed by atoms with van der Waals surface area (Å²) in [7, 11) is 0. The summed E-state index contributed by atoms with van der Waals surface area (Å²) in [4.78, 5) is 18.7. The highest BCUT2D eigenvalue weighted by Crippen LogP contribution is 2.44. The van der Waals surface area contributed by atoms with Gasteiger partial charge in [0.2, 0.25) is 0 Å². The van der Waals surface area contributed by atoms with Crippen LogP contribution >= 0.6 is 27.5 Å². The fraction of sp³-hybridized carbons (Fsp3) is 0.364. The van der Waals surface area contributed by atoms with E-state index in [1.807, 2.05) is 0 Å². The van der Waals surface area contributed by atoms with Gasteiger partial charge in [-0.1, -0.05) is 16.8 Å². The Balaban J connectivity index is 3.16. The van der Waals surface area contributed by atoms with Gasteiger partial charge < -0.3 is 4.84 Å². The zero-order valence-electron chi connectivity index (χ0n) is 12.0. The Bertz CT molecular complexity index is 631. The molecule has 1 aromatic heterocycles. The van der Waals surface area contributed by atoms with Gasteiger partial charge in [0, 0.05) is 10.7 Å². The summed E-state index contributed by atoms with van der Waals surface area (Å²) in [5.41, 5.74) is -5.12. The molecule has 0 bridgehead atoms. The van der Waals surface area contributed by atoms with Crippen molar-refractivity contribution in [3.8, 4) is 0 Å². The van der Waals surface area contributed by atoms with Crippen LogP contribution in [-0.2, 0) is 4.84 Å². The molecule has 140 valence electrons. The third-order valence-corrected chi connectivity index (χ3v) is 2.90. The molecule has 0 aliphatic rings. The Labute approximate surface area is 149 Å². The first-order chi connectivity index (χ1) is 11.3. The standard InChI is InChI=1S/C11H8BrClF6N4O2/c1-5(13)23-25-9(10(14,15)16,11(17,18)19)22-8(24)21-7-3-2-6(12)4-20-7/h2-4H,1H3,(H2,20,21,22,24)/b23-5+. The smallest absolute Gasteiger partial charge is 0.346 e. The average Bonchev–Trinajstić information content (AvgIpc) is 2.43. The zero-order valence-corrected chi connectivity index (χ0v) is 14.3. The molecular weight excluding hydrogens is 449 g/mol. The van der Waals surface area contributed by atoms with E-state index in [-0.39, 0.29) is 5.82 Å². The highest BCUT2D eigenvalue weighted by molar-refractivity contribution is 9.10. The Morgan fingerprint density at radius 1 is 1.24 bits per heavy atom. The van der Waals surface area contributed by atoms with Gasteiger partial charge in [-0.15, -0.1) is 0 Å². The highest BCUT2D eigenvalue weighted by Gasteiger charge is 2.76. The van der Waals surface area contributed by atoms with E-state index in [9.17, 15) is 31.1 Å². The number of alkyl halides is 6. The van der Waals surface area contributed by atoms with Gasteiger partial charge in [-0.2, -0.15) is 26.3 Å². The maximum Gasteiger partial charge on any atom is 0.461 e. The molecule has 1 rings (SSSR count). The molecule has 2 amide bonds. The number of nitrogens with one attached hydrogen (secondary N) is 2. The fourth-order valence-corrected chi connectivity index (χ4v) is 1.59. The fourth-order valence-electron chi connectivity index (χ4n) is 1.32. The average molecular weight is 458 g/mol. The summed E-state index contributed by atoms with van der Waals surface area (Å²) in [6.07, 6.45) is -11.1. The van der Waals surface area contributed by atoms with Crippen molar-refractivity contribution < 1.29 is 36.0 Å². The first-order valence-corrected chi connectivity index (χ1v) is 7.18. The maximum atomic E-state index is 13.1. The van der Waals surface area contributed by atoms with Gasteiger partial charge in [-0.05, 0) is 35.0 Å². The molecule has 6 nitrogen and oxygen atoms in total. The molecule has 0 aliphatic heterocycles. The number of carbonyl (C=O) groups is 1. The molecule has 0 radical (unpaired) electrons. The van der Waals surface area contributed by atoms with Crippen molar-refractivity contribution in [2.24, 2.45) is 5.16 Å². The number of oxime groups is 1. The first-order valence-electron chi connectivity index (χ1n) is 6.01. The van der Waals surface area contributed by atoms with Crippen LogP contribution in [0, 0.1) is 0 Å². The Kier molecular flexibility index (Phi) is 6.50. The van der Waals surface area contributed by atoms with E-state index >= 15 is 0 Å². The number of hydrogen-bond acceptors (Lipinski definition) is 4. The molecule has 14 heteroatoms. The van der Waals surface area contributed by atoms with Gasteiger partial charge in [0.05, 0.1) is 0 Å². The molecule has 0 atom stereocenters. The van der Waals surface area contributed by atoms with Gasteiger partial charge >= 0.3 is 24.1 Å². The van der Waals surface area contributed by atoms with Crippen molar-refractivity contribution in [1.82, 2.24) is 10.3 Å². The van der Waals surface area contributed by atoms with Crippen LogP contribution < -0.4 is 10.6 Å². The number of pyridine rings is 1. The lowest BCUT2D eigenvalue weighted by atomic mass is 10.2. The minimum Gasteiger partial charge on any atom is -0.346 e. The lowest BCUT2D eigenvalue weighted by molar-refractivity contribution is -0.388. The lowest BCUT2D eigenvalue weighted by Crippen LogP contribution is -2.69. The largest absolute Gasteiger partial charge is 0.461 e. The number of aromatic nitrogens is 1. The van der Waals surface area contributed by atoms with Gasteiger partial charge in [0.1, 0.15) is 11.0 Å². The molecule has 2 N–H and O–H groups in total. The Hall–Kier alpha value is -1.76. The molecular formula is C11H8BrClF6N4O2. The third kappa shape index (κ3) is 5.36. The number of halogens is 8. The maximum absolute atomic E-state index is 13.1. The summed E-state index contributed by atoms with van der Waals surface area (Å²) in [5.74, 6) is -0.309. The number of carbonyl (C=O) groups excluding carboxylic acids is 1. The molecule has 0 aromatic carbocycles. The van der Waals surface area contributed by atoms with Crippen LogP contribution in [0.2, 0.25) is 0 Å². The quantitative estimate of drug-likeness (QED) is 0.305. The van der Waals surface area contributed by atoms with Crippen LogP contribution in [0.4, 0.5) is 37.0 Å². The normalized spacial score (nSPS) is 13.4. The van der Waals surface area contributed by atoms with Crippen LogP contribution in [0.1, 0.15) is 6.92 Å². The minimum atomic E-state index is -6.11. The van der Waals surface area contributed by atoms with Crippen molar-refractivity contribution in [3.63, 3.8) is 0 Å². The van der Waals surface area contributed by atoms with Crippen LogP contribution in [0.25, 0.3) is 0 Å². The molecule has 25 heavy (non-hydrogen) atoms. The van der Waals surface area contributed by atoms with E-state index in [1.165, 1.54) is 6.07 Å². The van der Waals surface area contributed by atoms with Crippen LogP contribution in [0.5, 0.6) is 0 Å². The van der Waals surface area contributed by atoms with E-state index in [2.05, 4.69) is 30.9 Å². The minimum absolute atomic E-state index is 0.309. The highest BCUT2D eigenvalue weighted by atomic mass is 79.9. The van der Waals surface area contributed by atoms with E-state index in [1.54, 1.807) is 5.32 Å².